The molecule has 4 aliphatic carbocycles. The molecule has 8 aliphatic rings. The first-order valence-corrected chi connectivity index (χ1v) is 21.8. The third kappa shape index (κ3) is 6.41. The molecule has 8 rings (SSSR count). The number of rotatable bonds is 7. The highest BCUT2D eigenvalue weighted by molar-refractivity contribution is 7.80. The highest BCUT2D eigenvalue weighted by Crippen LogP contribution is 2.71. The maximum absolute atomic E-state index is 14.1. The van der Waals surface area contributed by atoms with Crippen LogP contribution in [0.3, 0.4) is 0 Å². The maximum Gasteiger partial charge on any atom is 0.397 e. The lowest BCUT2D eigenvalue weighted by molar-refractivity contribution is -0.362. The number of carbonyl (C=O) groups excluding carboxylic acids is 1. The van der Waals surface area contributed by atoms with Crippen molar-refractivity contribution < 1.29 is 81.0 Å². The van der Waals surface area contributed by atoms with Gasteiger partial charge >= 0.3 is 16.4 Å². The van der Waals surface area contributed by atoms with Gasteiger partial charge in [-0.1, -0.05) is 32.4 Å². The summed E-state index contributed by atoms with van der Waals surface area (Å²) in [6, 6.07) is 0. The first-order valence-electron chi connectivity index (χ1n) is 20.4. The molecule has 7 fully saturated rings. The molecule has 3 saturated carbocycles. The number of hydrogen-bond acceptors (Lipinski definition) is 16. The van der Waals surface area contributed by atoms with E-state index in [1.165, 1.54) is 6.92 Å². The van der Waals surface area contributed by atoms with Crippen molar-refractivity contribution in [2.45, 2.75) is 184 Å². The van der Waals surface area contributed by atoms with Gasteiger partial charge in [0.05, 0.1) is 36.6 Å². The minimum Gasteiger partial charge on any atom is -0.456 e. The molecule has 4 heterocycles. The van der Waals surface area contributed by atoms with Gasteiger partial charge in [0.1, 0.15) is 47.6 Å². The molecular formula is C39H60O17S. The summed E-state index contributed by atoms with van der Waals surface area (Å²) < 4.78 is 73.8. The second kappa shape index (κ2) is 14.1. The van der Waals surface area contributed by atoms with Crippen molar-refractivity contribution in [1.29, 1.82) is 0 Å². The fourth-order valence-corrected chi connectivity index (χ4v) is 13.3. The van der Waals surface area contributed by atoms with Crippen LogP contribution in [-0.4, -0.2) is 147 Å². The summed E-state index contributed by atoms with van der Waals surface area (Å²) in [4.78, 5) is 14.1. The lowest BCUT2D eigenvalue weighted by Crippen LogP contribution is -2.64. The first-order chi connectivity index (χ1) is 26.5. The van der Waals surface area contributed by atoms with E-state index >= 15 is 0 Å². The number of ether oxygens (including phenoxy) is 6. The molecule has 0 radical (unpaired) electrons. The number of cyclic esters (lactones) is 1. The molecule has 0 aromatic heterocycles. The van der Waals surface area contributed by atoms with Gasteiger partial charge in [-0.2, -0.15) is 8.42 Å². The van der Waals surface area contributed by atoms with E-state index in [1.807, 2.05) is 19.9 Å². The van der Waals surface area contributed by atoms with Crippen LogP contribution in [0.25, 0.3) is 0 Å². The van der Waals surface area contributed by atoms with Crippen LogP contribution in [0.5, 0.6) is 0 Å². The monoisotopic (exact) mass is 832 g/mol. The van der Waals surface area contributed by atoms with Gasteiger partial charge in [0.2, 0.25) is 0 Å². The Morgan fingerprint density at radius 2 is 1.56 bits per heavy atom. The first kappa shape index (κ1) is 42.3. The van der Waals surface area contributed by atoms with Crippen LogP contribution in [0.15, 0.2) is 11.6 Å². The van der Waals surface area contributed by atoms with Gasteiger partial charge in [0.15, 0.2) is 18.7 Å². The molecule has 18 heteroatoms. The summed E-state index contributed by atoms with van der Waals surface area (Å²) in [5.41, 5.74) is -3.41. The van der Waals surface area contributed by atoms with Gasteiger partial charge in [-0.05, 0) is 101 Å². The molecule has 0 aromatic rings. The van der Waals surface area contributed by atoms with Crippen LogP contribution in [0.4, 0.5) is 0 Å². The molecule has 0 unspecified atom stereocenters. The zero-order valence-electron chi connectivity index (χ0n) is 33.3. The lowest BCUT2D eigenvalue weighted by Gasteiger charge is -2.62. The molecule has 4 saturated heterocycles. The highest BCUT2D eigenvalue weighted by atomic mass is 32.3. The van der Waals surface area contributed by atoms with Crippen molar-refractivity contribution in [3.63, 3.8) is 0 Å². The summed E-state index contributed by atoms with van der Waals surface area (Å²) >= 11 is 0. The van der Waals surface area contributed by atoms with E-state index in [0.717, 1.165) is 18.4 Å². The highest BCUT2D eigenvalue weighted by Gasteiger charge is 2.80. The predicted molar refractivity (Wildman–Crippen MR) is 194 cm³/mol. The summed E-state index contributed by atoms with van der Waals surface area (Å²) in [6.07, 6.45) is -10.2. The van der Waals surface area contributed by atoms with Crippen LogP contribution >= 0.6 is 0 Å². The smallest absolute Gasteiger partial charge is 0.397 e. The van der Waals surface area contributed by atoms with E-state index in [2.05, 4.69) is 25.0 Å². The quantitative estimate of drug-likeness (QED) is 0.0805. The van der Waals surface area contributed by atoms with E-state index in [9.17, 15) is 48.4 Å². The van der Waals surface area contributed by atoms with Gasteiger partial charge in [-0.25, -0.2) is 4.18 Å². The lowest BCUT2D eigenvalue weighted by atomic mass is 9.43. The van der Waals surface area contributed by atoms with Gasteiger partial charge < -0.3 is 59.1 Å². The van der Waals surface area contributed by atoms with Crippen LogP contribution < -0.4 is 0 Å². The molecule has 0 bridgehead atoms. The van der Waals surface area contributed by atoms with Crippen LogP contribution in [0.1, 0.15) is 92.9 Å². The van der Waals surface area contributed by atoms with E-state index in [4.69, 9.17) is 28.4 Å². The molecule has 17 nitrogen and oxygen atoms in total. The SMILES string of the molecule is C[C@@H]1O[C@H](O[C@@H]2[C@@H](O[C@H]3CC[C@]4(C)C5=C[C@H](O)[C@@]67C(=O)O[C@@H]([C@H]8CCC(C)(C)O8)[C@]6(O)CC[C@H]7[C@@H]5CC[C@H]4C3(C)C)OC[C@H](OS(=O)(=O)O)[C@H]2O)[C@@H](O)[C@H](O)[C@H]1O. The zero-order valence-corrected chi connectivity index (χ0v) is 34.1. The summed E-state index contributed by atoms with van der Waals surface area (Å²) in [5.74, 6) is -0.960. The average Bonchev–Trinajstić information content (AvgIpc) is 3.72. The number of esters is 1. The Hall–Kier alpha value is -1.36. The second-order valence-corrected chi connectivity index (χ2v) is 20.5. The van der Waals surface area contributed by atoms with Crippen molar-refractivity contribution in [3.05, 3.63) is 11.6 Å². The van der Waals surface area contributed by atoms with Crippen molar-refractivity contribution in [1.82, 2.24) is 0 Å². The molecular weight excluding hydrogens is 772 g/mol. The maximum atomic E-state index is 14.1. The molecule has 0 aromatic carbocycles. The number of allylic oxidation sites excluding steroid dienone is 1. The minimum atomic E-state index is -5.03. The van der Waals surface area contributed by atoms with Crippen molar-refractivity contribution >= 4 is 16.4 Å². The third-order valence-electron chi connectivity index (χ3n) is 15.6. The topological polar surface area (TPSA) is 257 Å². The Labute approximate surface area is 332 Å². The molecule has 324 valence electrons. The fourth-order valence-electron chi connectivity index (χ4n) is 12.8. The zero-order chi connectivity index (χ0) is 41.4. The Bertz CT molecular complexity index is 1720. The Kier molecular flexibility index (Phi) is 10.5. The summed E-state index contributed by atoms with van der Waals surface area (Å²) in [5, 5.41) is 67.4. The van der Waals surface area contributed by atoms with Gasteiger partial charge in [-0.15, -0.1) is 0 Å². The molecule has 7 N–H and O–H groups in total. The van der Waals surface area contributed by atoms with Gasteiger partial charge in [0.25, 0.3) is 0 Å². The predicted octanol–water partition coefficient (Wildman–Crippen LogP) is 0.653. The number of aliphatic hydroxyl groups is 6. The summed E-state index contributed by atoms with van der Waals surface area (Å²) in [6.45, 7) is 11.2. The standard InChI is InChI=1S/C39H60O17S/c1-17-26(41)28(43)29(44)32(51-17)53-30-27(42)22(56-57(47,48)49)16-50-33(30)52-25-11-13-37(6)20-15-24(40)39-19(18(20)7-8-23(37)36(25,4)5)9-14-38(39,46)31(54-34(39)45)21-10-12-35(2,3)55-21/h15,17-19,21-33,40-44,46H,7-14,16H2,1-6H3,(H,47,48,49)/t17-,18-,19-,21+,22-,23-,24-,25-,26-,27+,28+,29-,30-,31-,32+,33+,37+,38+,39-/m0/s1. The van der Waals surface area contributed by atoms with Crippen LogP contribution in [0.2, 0.25) is 0 Å². The molecule has 57 heavy (non-hydrogen) atoms. The largest absolute Gasteiger partial charge is 0.456 e. The fraction of sp³-hybridized carbons (Fsp3) is 0.923. The third-order valence-corrected chi connectivity index (χ3v) is 16.1. The van der Waals surface area contributed by atoms with Crippen molar-refractivity contribution in [2.75, 3.05) is 6.61 Å². The van der Waals surface area contributed by atoms with Crippen LogP contribution in [-0.2, 0) is 47.8 Å². The average molecular weight is 833 g/mol. The Morgan fingerprint density at radius 1 is 0.842 bits per heavy atom. The van der Waals surface area contributed by atoms with Crippen molar-refractivity contribution in [2.24, 2.45) is 34.0 Å². The molecule has 19 atom stereocenters. The van der Waals surface area contributed by atoms with E-state index < -0.39 is 130 Å². The van der Waals surface area contributed by atoms with Crippen molar-refractivity contribution in [3.8, 4) is 0 Å². The summed E-state index contributed by atoms with van der Waals surface area (Å²) in [7, 11) is -5.03. The Balaban J connectivity index is 1.04. The number of fused-ring (bicyclic) bond motifs is 4. The second-order valence-electron chi connectivity index (χ2n) is 19.5. The molecule has 1 spiro atoms. The van der Waals surface area contributed by atoms with E-state index in [-0.39, 0.29) is 17.8 Å². The van der Waals surface area contributed by atoms with E-state index in [1.54, 1.807) is 0 Å². The molecule has 0 amide bonds. The van der Waals surface area contributed by atoms with Gasteiger partial charge in [-0.3, -0.25) is 9.35 Å². The number of aliphatic hydroxyl groups excluding tert-OH is 5. The normalized spacial score (nSPS) is 52.9. The van der Waals surface area contributed by atoms with Crippen LogP contribution in [0, 0.1) is 34.0 Å². The minimum absolute atomic E-state index is 0.00494. The van der Waals surface area contributed by atoms with Gasteiger partial charge in [0, 0.05) is 0 Å². The number of hydrogen-bond donors (Lipinski definition) is 7. The van der Waals surface area contributed by atoms with E-state index in [0.29, 0.717) is 38.5 Å². The number of carbonyl (C=O) groups is 1. The Morgan fingerprint density at radius 3 is 2.23 bits per heavy atom. The molecule has 4 aliphatic heterocycles.